The highest BCUT2D eigenvalue weighted by Gasteiger charge is 2.38. The molecular weight excluding hydrogens is 378 g/mol. The predicted octanol–water partition coefficient (Wildman–Crippen LogP) is 2.18. The van der Waals surface area contributed by atoms with Crippen LogP contribution in [0.5, 0.6) is 11.5 Å². The molecule has 0 saturated carbocycles. The van der Waals surface area contributed by atoms with E-state index in [1.807, 2.05) is 16.8 Å². The Morgan fingerprint density at radius 2 is 1.80 bits per heavy atom. The number of nitrogens with one attached hydrogen (secondary N) is 1. The fourth-order valence-corrected chi connectivity index (χ4v) is 4.31. The largest absolute Gasteiger partial charge is 0.497 e. The molecule has 1 N–H and O–H groups in total. The second-order valence-electron chi connectivity index (χ2n) is 8.76. The van der Waals surface area contributed by atoms with Gasteiger partial charge in [-0.15, -0.1) is 5.10 Å². The molecule has 2 heterocycles. The van der Waals surface area contributed by atoms with Crippen LogP contribution >= 0.6 is 0 Å². The maximum atomic E-state index is 5.76. The van der Waals surface area contributed by atoms with Crippen molar-refractivity contribution in [3.05, 3.63) is 65.0 Å². The molecular formula is C23H30N5O2+. The first-order valence-corrected chi connectivity index (χ1v) is 10.3. The minimum Gasteiger partial charge on any atom is -0.497 e. The second kappa shape index (κ2) is 8.07. The Balaban J connectivity index is 1.86. The summed E-state index contributed by atoms with van der Waals surface area (Å²) >= 11 is 0. The van der Waals surface area contributed by atoms with Crippen LogP contribution in [0.4, 0.5) is 0 Å². The maximum Gasteiger partial charge on any atom is 0.214 e. The first-order valence-electron chi connectivity index (χ1n) is 10.3. The smallest absolute Gasteiger partial charge is 0.214 e. The zero-order valence-corrected chi connectivity index (χ0v) is 18.3. The zero-order chi connectivity index (χ0) is 21.3. The third kappa shape index (κ3) is 3.77. The summed E-state index contributed by atoms with van der Waals surface area (Å²) < 4.78 is 13.2. The Morgan fingerprint density at radius 1 is 1.03 bits per heavy atom. The van der Waals surface area contributed by atoms with Crippen molar-refractivity contribution in [1.82, 2.24) is 20.2 Å². The van der Waals surface area contributed by atoms with E-state index in [1.54, 1.807) is 14.2 Å². The topological polar surface area (TPSA) is 66.5 Å². The Labute approximate surface area is 177 Å². The maximum absolute atomic E-state index is 5.76. The van der Waals surface area contributed by atoms with Crippen LogP contribution in [0.3, 0.4) is 0 Å². The Kier molecular flexibility index (Phi) is 5.47. The van der Waals surface area contributed by atoms with Crippen LogP contribution in [0.2, 0.25) is 0 Å². The molecule has 1 aliphatic heterocycles. The Bertz CT molecular complexity index is 1020. The number of ether oxygens (including phenoxy) is 2. The number of tetrazole rings is 1. The summed E-state index contributed by atoms with van der Waals surface area (Å²) in [4.78, 5) is 1.39. The summed E-state index contributed by atoms with van der Waals surface area (Å²) in [6.07, 6.45) is 1.02. The van der Waals surface area contributed by atoms with Crippen LogP contribution in [-0.4, -0.2) is 41.0 Å². The molecule has 0 bridgehead atoms. The van der Waals surface area contributed by atoms with E-state index in [0.717, 1.165) is 42.4 Å². The number of methoxy groups -OCH3 is 2. The van der Waals surface area contributed by atoms with Crippen molar-refractivity contribution in [2.75, 3.05) is 20.8 Å². The van der Waals surface area contributed by atoms with Crippen molar-refractivity contribution in [2.45, 2.75) is 45.3 Å². The summed E-state index contributed by atoms with van der Waals surface area (Å²) in [5, 5.41) is 12.9. The van der Waals surface area contributed by atoms with Gasteiger partial charge in [0.15, 0.2) is 6.04 Å². The molecule has 0 saturated heterocycles. The lowest BCUT2D eigenvalue weighted by molar-refractivity contribution is -0.942. The van der Waals surface area contributed by atoms with Gasteiger partial charge in [0.05, 0.1) is 31.9 Å². The van der Waals surface area contributed by atoms with Gasteiger partial charge in [0, 0.05) is 12.0 Å². The monoisotopic (exact) mass is 408 g/mol. The molecule has 7 nitrogen and oxygen atoms in total. The molecule has 1 unspecified atom stereocenters. The number of hydrogen-bond donors (Lipinski definition) is 1. The molecule has 0 amide bonds. The normalized spacial score (nSPS) is 17.3. The van der Waals surface area contributed by atoms with Gasteiger partial charge in [0.25, 0.3) is 0 Å². The molecule has 4 rings (SSSR count). The Hall–Kier alpha value is -2.93. The van der Waals surface area contributed by atoms with E-state index in [-0.39, 0.29) is 11.6 Å². The summed E-state index contributed by atoms with van der Waals surface area (Å²) in [6, 6.07) is 14.5. The van der Waals surface area contributed by atoms with Crippen LogP contribution in [0.15, 0.2) is 42.5 Å². The Morgan fingerprint density at radius 3 is 2.50 bits per heavy atom. The quantitative estimate of drug-likeness (QED) is 0.701. The molecule has 1 aromatic heterocycles. The van der Waals surface area contributed by atoms with Crippen molar-refractivity contribution in [3.63, 3.8) is 0 Å². The lowest BCUT2D eigenvalue weighted by atomic mass is 9.95. The molecule has 3 aromatic rings. The van der Waals surface area contributed by atoms with E-state index in [2.05, 4.69) is 66.6 Å². The average Bonchev–Trinajstić information content (AvgIpc) is 3.24. The number of fused-ring (bicyclic) bond motifs is 1. The van der Waals surface area contributed by atoms with E-state index in [1.165, 1.54) is 16.0 Å². The second-order valence-corrected chi connectivity index (χ2v) is 8.76. The highest BCUT2D eigenvalue weighted by Crippen LogP contribution is 2.32. The van der Waals surface area contributed by atoms with E-state index < -0.39 is 0 Å². The van der Waals surface area contributed by atoms with E-state index in [4.69, 9.17) is 9.47 Å². The lowest BCUT2D eigenvalue weighted by Gasteiger charge is -2.34. The molecule has 0 spiro atoms. The minimum atomic E-state index is -0.240. The predicted molar refractivity (Wildman–Crippen MR) is 114 cm³/mol. The van der Waals surface area contributed by atoms with Crippen molar-refractivity contribution < 1.29 is 14.4 Å². The molecule has 30 heavy (non-hydrogen) atoms. The van der Waals surface area contributed by atoms with Crippen LogP contribution in [0, 0.1) is 0 Å². The third-order valence-electron chi connectivity index (χ3n) is 5.79. The molecule has 1 aliphatic rings. The number of aromatic nitrogens is 4. The van der Waals surface area contributed by atoms with Crippen LogP contribution in [0.1, 0.15) is 49.3 Å². The third-order valence-corrected chi connectivity index (χ3v) is 5.79. The van der Waals surface area contributed by atoms with Gasteiger partial charge in [0.2, 0.25) is 5.82 Å². The highest BCUT2D eigenvalue weighted by atomic mass is 16.5. The van der Waals surface area contributed by atoms with Crippen molar-refractivity contribution in [3.8, 4) is 11.5 Å². The summed E-state index contributed by atoms with van der Waals surface area (Å²) in [5.41, 5.74) is 3.59. The van der Waals surface area contributed by atoms with Crippen LogP contribution in [-0.2, 0) is 18.5 Å². The van der Waals surface area contributed by atoms with Gasteiger partial charge in [-0.25, -0.2) is 4.68 Å². The van der Waals surface area contributed by atoms with Gasteiger partial charge in [0.1, 0.15) is 18.0 Å². The fourth-order valence-electron chi connectivity index (χ4n) is 4.31. The summed E-state index contributed by atoms with van der Waals surface area (Å²) in [7, 11) is 3.39. The van der Waals surface area contributed by atoms with Gasteiger partial charge >= 0.3 is 0 Å². The number of rotatable bonds is 5. The number of nitrogens with zero attached hydrogens (tertiary/aromatic N) is 4. The van der Waals surface area contributed by atoms with Crippen LogP contribution in [0.25, 0.3) is 0 Å². The molecule has 0 radical (unpaired) electrons. The first kappa shape index (κ1) is 20.3. The van der Waals surface area contributed by atoms with Gasteiger partial charge < -0.3 is 14.4 Å². The van der Waals surface area contributed by atoms with Crippen molar-refractivity contribution in [2.24, 2.45) is 0 Å². The molecule has 0 aliphatic carbocycles. The molecule has 0 fully saturated rings. The SMILES string of the molecule is COc1ccc(OC)c([C@H](c2nnnn2C(C)(C)C)[NH+]2CCc3ccccc3C2)c1. The molecule has 158 valence electrons. The van der Waals surface area contributed by atoms with E-state index in [9.17, 15) is 0 Å². The molecule has 2 atom stereocenters. The number of hydrogen-bond acceptors (Lipinski definition) is 5. The standard InChI is InChI=1S/C23H29N5O2/c1-23(2,3)28-22(24-25-26-28)21(19-14-18(29-4)10-11-20(19)30-5)27-13-12-16-8-6-7-9-17(16)15-27/h6-11,14,21H,12-13,15H2,1-5H3/p+1/t21-/m1/s1. The zero-order valence-electron chi connectivity index (χ0n) is 18.3. The lowest BCUT2D eigenvalue weighted by Crippen LogP contribution is -3.12. The van der Waals surface area contributed by atoms with Crippen molar-refractivity contribution in [1.29, 1.82) is 0 Å². The summed E-state index contributed by atoms with van der Waals surface area (Å²) in [5.74, 6) is 2.45. The number of benzene rings is 2. The minimum absolute atomic E-state index is 0.0855. The van der Waals surface area contributed by atoms with Gasteiger partial charge in [-0.2, -0.15) is 0 Å². The summed E-state index contributed by atoms with van der Waals surface area (Å²) in [6.45, 7) is 8.24. The van der Waals surface area contributed by atoms with Crippen molar-refractivity contribution >= 4 is 0 Å². The van der Waals surface area contributed by atoms with E-state index >= 15 is 0 Å². The number of quaternary nitrogens is 1. The van der Waals surface area contributed by atoms with Gasteiger partial charge in [-0.05, 0) is 55.0 Å². The van der Waals surface area contributed by atoms with Gasteiger partial charge in [-0.1, -0.05) is 24.3 Å². The average molecular weight is 409 g/mol. The fraction of sp³-hybridized carbons (Fsp3) is 0.435. The highest BCUT2D eigenvalue weighted by molar-refractivity contribution is 5.43. The first-order chi connectivity index (χ1) is 14.4. The van der Waals surface area contributed by atoms with Crippen LogP contribution < -0.4 is 14.4 Å². The van der Waals surface area contributed by atoms with E-state index in [0.29, 0.717) is 0 Å². The van der Waals surface area contributed by atoms with Gasteiger partial charge in [-0.3, -0.25) is 0 Å². The molecule has 7 heteroatoms. The molecule has 2 aromatic carbocycles.